The average molecular weight is 298 g/mol. The van der Waals surface area contributed by atoms with Crippen LogP contribution in [0.2, 0.25) is 0 Å². The summed E-state index contributed by atoms with van der Waals surface area (Å²) in [5, 5.41) is 3.26. The third-order valence-corrected chi connectivity index (χ3v) is 4.77. The highest BCUT2D eigenvalue weighted by atomic mass is 32.2. The summed E-state index contributed by atoms with van der Waals surface area (Å²) >= 11 is 0. The van der Waals surface area contributed by atoms with E-state index in [1.54, 1.807) is 38.1 Å². The fraction of sp³-hybridized carbons (Fsp3) is 0.571. The normalized spacial score (nSPS) is 20.1. The van der Waals surface area contributed by atoms with Crippen LogP contribution in [0.25, 0.3) is 0 Å². The van der Waals surface area contributed by atoms with E-state index >= 15 is 0 Å². The molecule has 0 saturated carbocycles. The molecule has 0 aliphatic carbocycles. The van der Waals surface area contributed by atoms with E-state index in [4.69, 9.17) is 4.74 Å². The van der Waals surface area contributed by atoms with Gasteiger partial charge < -0.3 is 10.1 Å². The van der Waals surface area contributed by atoms with E-state index in [-0.39, 0.29) is 17.0 Å². The van der Waals surface area contributed by atoms with E-state index in [2.05, 4.69) is 10.0 Å². The summed E-state index contributed by atoms with van der Waals surface area (Å²) in [6, 6.07) is 6.64. The van der Waals surface area contributed by atoms with Gasteiger partial charge in [-0.2, -0.15) is 0 Å². The van der Waals surface area contributed by atoms with Crippen LogP contribution in [0.3, 0.4) is 0 Å². The Hall–Kier alpha value is -1.11. The Balaban J connectivity index is 2.21. The van der Waals surface area contributed by atoms with Crippen LogP contribution in [0.4, 0.5) is 0 Å². The Labute approximate surface area is 120 Å². The molecule has 1 aromatic carbocycles. The molecule has 1 saturated heterocycles. The third kappa shape index (κ3) is 3.94. The molecule has 1 aliphatic heterocycles. The van der Waals surface area contributed by atoms with Gasteiger partial charge in [0.2, 0.25) is 10.0 Å². The molecule has 1 unspecified atom stereocenters. The molecule has 1 aliphatic rings. The maximum absolute atomic E-state index is 12.3. The van der Waals surface area contributed by atoms with Gasteiger partial charge in [-0.25, -0.2) is 13.1 Å². The van der Waals surface area contributed by atoms with E-state index in [1.165, 1.54) is 0 Å². The summed E-state index contributed by atoms with van der Waals surface area (Å²) in [4.78, 5) is 0.208. The SMILES string of the molecule is CC(C)NS(=O)(=O)c1ccccc1OC1CCCNC1. The van der Waals surface area contributed by atoms with Crippen molar-refractivity contribution in [1.29, 1.82) is 0 Å². The predicted molar refractivity (Wildman–Crippen MR) is 78.4 cm³/mol. The van der Waals surface area contributed by atoms with Gasteiger partial charge in [0, 0.05) is 12.6 Å². The maximum atomic E-state index is 12.3. The average Bonchev–Trinajstić information content (AvgIpc) is 2.39. The summed E-state index contributed by atoms with van der Waals surface area (Å²) in [6.45, 7) is 5.35. The Bertz CT molecular complexity index is 537. The van der Waals surface area contributed by atoms with E-state index in [1.807, 2.05) is 0 Å². The molecule has 1 aromatic rings. The van der Waals surface area contributed by atoms with Gasteiger partial charge in [-0.05, 0) is 45.4 Å². The molecule has 1 fully saturated rings. The van der Waals surface area contributed by atoms with Crippen molar-refractivity contribution in [3.63, 3.8) is 0 Å². The van der Waals surface area contributed by atoms with Crippen molar-refractivity contribution < 1.29 is 13.2 Å². The van der Waals surface area contributed by atoms with Crippen molar-refractivity contribution >= 4 is 10.0 Å². The van der Waals surface area contributed by atoms with Crippen molar-refractivity contribution in [2.24, 2.45) is 0 Å². The van der Waals surface area contributed by atoms with Crippen LogP contribution in [-0.2, 0) is 10.0 Å². The molecule has 0 aromatic heterocycles. The molecule has 2 N–H and O–H groups in total. The Morgan fingerprint density at radius 1 is 1.35 bits per heavy atom. The first-order valence-electron chi connectivity index (χ1n) is 6.98. The van der Waals surface area contributed by atoms with Gasteiger partial charge in [0.05, 0.1) is 0 Å². The van der Waals surface area contributed by atoms with Crippen LogP contribution < -0.4 is 14.8 Å². The molecular weight excluding hydrogens is 276 g/mol. The minimum atomic E-state index is -3.54. The second kappa shape index (κ2) is 6.56. The standard InChI is InChI=1S/C14H22N2O3S/c1-11(2)16-20(17,18)14-8-4-3-7-13(14)19-12-6-5-9-15-10-12/h3-4,7-8,11-12,15-16H,5-6,9-10H2,1-2H3. The Kier molecular flexibility index (Phi) is 5.01. The fourth-order valence-corrected chi connectivity index (χ4v) is 3.63. The number of piperidine rings is 1. The van der Waals surface area contributed by atoms with Gasteiger partial charge in [-0.3, -0.25) is 0 Å². The number of sulfonamides is 1. The number of ether oxygens (including phenoxy) is 1. The molecular formula is C14H22N2O3S. The Morgan fingerprint density at radius 2 is 2.10 bits per heavy atom. The zero-order valence-corrected chi connectivity index (χ0v) is 12.7. The van der Waals surface area contributed by atoms with E-state index in [9.17, 15) is 8.42 Å². The number of para-hydroxylation sites is 1. The lowest BCUT2D eigenvalue weighted by atomic mass is 10.1. The first kappa shape index (κ1) is 15.3. The largest absolute Gasteiger partial charge is 0.488 e. The van der Waals surface area contributed by atoms with Crippen LogP contribution >= 0.6 is 0 Å². The third-order valence-electron chi connectivity index (χ3n) is 3.07. The highest BCUT2D eigenvalue weighted by Gasteiger charge is 2.22. The second-order valence-electron chi connectivity index (χ2n) is 5.31. The van der Waals surface area contributed by atoms with E-state index in [0.717, 1.165) is 25.9 Å². The topological polar surface area (TPSA) is 67.4 Å². The van der Waals surface area contributed by atoms with Gasteiger partial charge in [-0.15, -0.1) is 0 Å². The lowest BCUT2D eigenvalue weighted by Gasteiger charge is -2.25. The van der Waals surface area contributed by atoms with E-state index < -0.39 is 10.0 Å². The zero-order valence-electron chi connectivity index (χ0n) is 11.9. The van der Waals surface area contributed by atoms with Crippen LogP contribution in [0.5, 0.6) is 5.75 Å². The molecule has 1 heterocycles. The monoisotopic (exact) mass is 298 g/mol. The molecule has 2 rings (SSSR count). The first-order chi connectivity index (χ1) is 9.49. The van der Waals surface area contributed by atoms with E-state index in [0.29, 0.717) is 5.75 Å². The van der Waals surface area contributed by atoms with Gasteiger partial charge in [0.15, 0.2) is 0 Å². The van der Waals surface area contributed by atoms with Gasteiger partial charge in [0.25, 0.3) is 0 Å². The minimum Gasteiger partial charge on any atom is -0.488 e. The maximum Gasteiger partial charge on any atom is 0.244 e. The summed E-state index contributed by atoms with van der Waals surface area (Å²) in [7, 11) is -3.54. The molecule has 0 bridgehead atoms. The molecule has 6 heteroatoms. The molecule has 1 atom stereocenters. The smallest absolute Gasteiger partial charge is 0.244 e. The zero-order chi connectivity index (χ0) is 14.6. The Morgan fingerprint density at radius 3 is 2.75 bits per heavy atom. The van der Waals surface area contributed by atoms with Crippen LogP contribution in [0, 0.1) is 0 Å². The van der Waals surface area contributed by atoms with Crippen molar-refractivity contribution in [2.45, 2.75) is 43.7 Å². The van der Waals surface area contributed by atoms with Crippen LogP contribution in [0.1, 0.15) is 26.7 Å². The van der Waals surface area contributed by atoms with Gasteiger partial charge in [0.1, 0.15) is 16.7 Å². The highest BCUT2D eigenvalue weighted by molar-refractivity contribution is 7.89. The summed E-state index contributed by atoms with van der Waals surface area (Å²) in [5.74, 6) is 0.425. The molecule has 112 valence electrons. The quantitative estimate of drug-likeness (QED) is 0.864. The summed E-state index contributed by atoms with van der Waals surface area (Å²) in [5.41, 5.74) is 0. The van der Waals surface area contributed by atoms with Crippen LogP contribution in [0.15, 0.2) is 29.2 Å². The number of rotatable bonds is 5. The lowest BCUT2D eigenvalue weighted by Crippen LogP contribution is -2.37. The number of benzene rings is 1. The van der Waals surface area contributed by atoms with Gasteiger partial charge >= 0.3 is 0 Å². The van der Waals surface area contributed by atoms with Gasteiger partial charge in [-0.1, -0.05) is 12.1 Å². The first-order valence-corrected chi connectivity index (χ1v) is 8.46. The fourth-order valence-electron chi connectivity index (χ4n) is 2.24. The lowest BCUT2D eigenvalue weighted by molar-refractivity contribution is 0.163. The van der Waals surface area contributed by atoms with Crippen molar-refractivity contribution in [1.82, 2.24) is 10.0 Å². The molecule has 0 spiro atoms. The number of hydrogen-bond donors (Lipinski definition) is 2. The summed E-state index contributed by atoms with van der Waals surface area (Å²) < 4.78 is 33.1. The summed E-state index contributed by atoms with van der Waals surface area (Å²) in [6.07, 6.45) is 2.02. The minimum absolute atomic E-state index is 0.0270. The molecule has 5 nitrogen and oxygen atoms in total. The molecule has 20 heavy (non-hydrogen) atoms. The predicted octanol–water partition coefficient (Wildman–Crippen LogP) is 1.50. The highest BCUT2D eigenvalue weighted by Crippen LogP contribution is 2.25. The molecule has 0 amide bonds. The van der Waals surface area contributed by atoms with Crippen molar-refractivity contribution in [3.05, 3.63) is 24.3 Å². The van der Waals surface area contributed by atoms with Crippen molar-refractivity contribution in [2.75, 3.05) is 13.1 Å². The molecule has 0 radical (unpaired) electrons. The number of hydrogen-bond acceptors (Lipinski definition) is 4. The van der Waals surface area contributed by atoms with Crippen LogP contribution in [-0.4, -0.2) is 33.7 Å². The second-order valence-corrected chi connectivity index (χ2v) is 6.99. The number of nitrogens with one attached hydrogen (secondary N) is 2. The van der Waals surface area contributed by atoms with Crippen molar-refractivity contribution in [3.8, 4) is 5.75 Å².